The average Bonchev–Trinajstić information content (AvgIpc) is 3.26. The highest BCUT2D eigenvalue weighted by Crippen LogP contribution is 2.39. The highest BCUT2D eigenvalue weighted by Gasteiger charge is 2.21. The van der Waals surface area contributed by atoms with Gasteiger partial charge in [-0.3, -0.25) is 9.97 Å². The molecule has 10 aromatic rings. The van der Waals surface area contributed by atoms with Crippen LogP contribution >= 0.6 is 0 Å². The Morgan fingerprint density at radius 1 is 0.418 bits per heavy atom. The summed E-state index contributed by atoms with van der Waals surface area (Å²) in [4.78, 5) is 20.6. The average molecular weight is 703 g/mol. The van der Waals surface area contributed by atoms with Crippen molar-refractivity contribution in [1.82, 2.24) is 19.9 Å². The number of rotatable bonds is 4. The van der Waals surface area contributed by atoms with E-state index in [-0.39, 0.29) is 5.92 Å². The molecule has 4 nitrogen and oxygen atoms in total. The molecule has 258 valence electrons. The molecule has 4 heteroatoms. The Labute approximate surface area is 318 Å². The molecule has 0 amide bonds. The molecule has 8 aromatic carbocycles. The van der Waals surface area contributed by atoms with Gasteiger partial charge in [-0.15, -0.1) is 0 Å². The summed E-state index contributed by atoms with van der Waals surface area (Å²) in [5.74, 6) is 0.525. The summed E-state index contributed by atoms with van der Waals surface area (Å²) in [6, 6.07) is 51.6. The largest absolute Gasteiger partial charge is 0.252 e. The fourth-order valence-corrected chi connectivity index (χ4v) is 8.66. The molecule has 0 aliphatic heterocycles. The molecule has 0 saturated heterocycles. The molecule has 0 fully saturated rings. The predicted molar refractivity (Wildman–Crippen MR) is 229 cm³/mol. The molecule has 11 rings (SSSR count). The maximum absolute atomic E-state index is 5.28. The smallest absolute Gasteiger partial charge is 0.0979 e. The second kappa shape index (κ2) is 12.5. The molecule has 55 heavy (non-hydrogen) atoms. The van der Waals surface area contributed by atoms with Crippen molar-refractivity contribution in [3.8, 4) is 22.5 Å². The van der Waals surface area contributed by atoms with Crippen molar-refractivity contribution in [2.45, 2.75) is 12.8 Å². The minimum Gasteiger partial charge on any atom is -0.252 e. The highest BCUT2D eigenvalue weighted by molar-refractivity contribution is 6.24. The van der Waals surface area contributed by atoms with Crippen LogP contribution in [0.4, 0.5) is 0 Å². The van der Waals surface area contributed by atoms with Crippen molar-refractivity contribution >= 4 is 70.7 Å². The molecule has 0 radical (unpaired) electrons. The van der Waals surface area contributed by atoms with E-state index in [1.807, 2.05) is 12.4 Å². The number of fused-ring (bicyclic) bond motifs is 12. The molecule has 1 aliphatic carbocycles. The molecule has 2 aromatic heterocycles. The number of allylic oxidation sites excluding steroid dienone is 4. The lowest BCUT2D eigenvalue weighted by Crippen LogP contribution is -2.09. The van der Waals surface area contributed by atoms with Crippen LogP contribution < -0.4 is 0 Å². The zero-order valence-corrected chi connectivity index (χ0v) is 30.2. The first-order valence-electron chi connectivity index (χ1n) is 18.9. The van der Waals surface area contributed by atoms with E-state index in [1.165, 1.54) is 32.7 Å². The first-order chi connectivity index (χ1) is 27.2. The lowest BCUT2D eigenvalue weighted by Gasteiger charge is -2.24. The zero-order valence-electron chi connectivity index (χ0n) is 30.2. The topological polar surface area (TPSA) is 51.6 Å². The van der Waals surface area contributed by atoms with E-state index in [4.69, 9.17) is 19.9 Å². The SMILES string of the molecule is CC1C=CC(c2cccc(-c3cnc4c5ccccc5c5ccccc5c4n3)c2)=CC1c1cccc(-c2cnc3c4ccccc4c4ccccc4c3n2)c1. The summed E-state index contributed by atoms with van der Waals surface area (Å²) < 4.78 is 0. The highest BCUT2D eigenvalue weighted by atomic mass is 14.8. The van der Waals surface area contributed by atoms with Gasteiger partial charge in [0.25, 0.3) is 0 Å². The molecule has 2 heterocycles. The minimum absolute atomic E-state index is 0.196. The van der Waals surface area contributed by atoms with Gasteiger partial charge in [0.1, 0.15) is 0 Å². The van der Waals surface area contributed by atoms with E-state index in [2.05, 4.69) is 171 Å². The normalized spacial score (nSPS) is 15.8. The summed E-state index contributed by atoms with van der Waals surface area (Å²) in [5.41, 5.74) is 11.2. The van der Waals surface area contributed by atoms with Crippen LogP contribution in [0.3, 0.4) is 0 Å². The minimum atomic E-state index is 0.196. The Balaban J connectivity index is 0.964. The van der Waals surface area contributed by atoms with Crippen molar-refractivity contribution < 1.29 is 0 Å². The molecule has 0 spiro atoms. The first kappa shape index (κ1) is 31.5. The van der Waals surface area contributed by atoms with E-state index < -0.39 is 0 Å². The third kappa shape index (κ3) is 5.14. The Kier molecular flexibility index (Phi) is 7.17. The molecule has 2 atom stereocenters. The molecule has 2 unspecified atom stereocenters. The molecule has 0 saturated carbocycles. The Hall–Kier alpha value is -7.04. The zero-order chi connectivity index (χ0) is 36.5. The predicted octanol–water partition coefficient (Wildman–Crippen LogP) is 12.9. The van der Waals surface area contributed by atoms with Crippen LogP contribution in [0.1, 0.15) is 24.0 Å². The van der Waals surface area contributed by atoms with E-state index >= 15 is 0 Å². The summed E-state index contributed by atoms with van der Waals surface area (Å²) in [7, 11) is 0. The fourth-order valence-electron chi connectivity index (χ4n) is 8.66. The van der Waals surface area contributed by atoms with E-state index in [0.717, 1.165) is 71.7 Å². The van der Waals surface area contributed by atoms with Crippen LogP contribution in [-0.4, -0.2) is 19.9 Å². The van der Waals surface area contributed by atoms with Gasteiger partial charge in [-0.25, -0.2) is 9.97 Å². The van der Waals surface area contributed by atoms with Gasteiger partial charge < -0.3 is 0 Å². The van der Waals surface area contributed by atoms with Gasteiger partial charge in [0.2, 0.25) is 0 Å². The maximum Gasteiger partial charge on any atom is 0.0979 e. The first-order valence-corrected chi connectivity index (χ1v) is 18.9. The Morgan fingerprint density at radius 3 is 1.38 bits per heavy atom. The van der Waals surface area contributed by atoms with E-state index in [9.17, 15) is 0 Å². The monoisotopic (exact) mass is 702 g/mol. The summed E-state index contributed by atoms with van der Waals surface area (Å²) in [6.45, 7) is 2.29. The van der Waals surface area contributed by atoms with Crippen molar-refractivity contribution in [2.75, 3.05) is 0 Å². The molecule has 0 bridgehead atoms. The van der Waals surface area contributed by atoms with Crippen LogP contribution in [0, 0.1) is 5.92 Å². The molecular weight excluding hydrogens is 669 g/mol. The van der Waals surface area contributed by atoms with Crippen LogP contribution in [0.2, 0.25) is 0 Å². The molecule has 1 aliphatic rings. The number of benzene rings is 8. The van der Waals surface area contributed by atoms with Gasteiger partial charge in [-0.2, -0.15) is 0 Å². The van der Waals surface area contributed by atoms with Crippen molar-refractivity contribution in [3.05, 3.63) is 187 Å². The number of hydrogen-bond donors (Lipinski definition) is 0. The maximum atomic E-state index is 5.28. The molecular formula is C51H34N4. The van der Waals surface area contributed by atoms with Gasteiger partial charge >= 0.3 is 0 Å². The number of aromatic nitrogens is 4. The summed E-state index contributed by atoms with van der Waals surface area (Å²) in [5, 5.41) is 9.30. The second-order valence-corrected chi connectivity index (χ2v) is 14.7. The van der Waals surface area contributed by atoms with Gasteiger partial charge in [0.05, 0.1) is 45.8 Å². The van der Waals surface area contributed by atoms with Gasteiger partial charge in [0.15, 0.2) is 0 Å². The van der Waals surface area contributed by atoms with E-state index in [0.29, 0.717) is 5.92 Å². The van der Waals surface area contributed by atoms with E-state index in [1.54, 1.807) is 0 Å². The fraction of sp³-hybridized carbons (Fsp3) is 0.0588. The summed E-state index contributed by atoms with van der Waals surface area (Å²) in [6.07, 6.45) is 10.9. The molecule has 0 N–H and O–H groups in total. The number of hydrogen-bond acceptors (Lipinski definition) is 4. The lowest BCUT2D eigenvalue weighted by molar-refractivity contribution is 0.637. The van der Waals surface area contributed by atoms with Crippen LogP contribution in [-0.2, 0) is 0 Å². The van der Waals surface area contributed by atoms with Crippen molar-refractivity contribution in [2.24, 2.45) is 5.92 Å². The summed E-state index contributed by atoms with van der Waals surface area (Å²) >= 11 is 0. The Morgan fingerprint density at radius 2 is 0.855 bits per heavy atom. The standard InChI is InChI=1S/C51H34N4/c1-31-24-25-33(32-12-10-14-35(26-32)46-29-52-48-41-20-6-2-16-37(41)39-18-4-8-22-43(39)50(48)54-46)28-45(31)34-13-11-15-36(27-34)47-30-53-49-42-21-7-3-17-38(42)40-19-5-9-23-44(40)51(49)55-47/h2-31,45H,1H3. The van der Waals surface area contributed by atoms with Crippen LogP contribution in [0.25, 0.3) is 93.2 Å². The van der Waals surface area contributed by atoms with Gasteiger partial charge in [-0.05, 0) is 56.3 Å². The van der Waals surface area contributed by atoms with Gasteiger partial charge in [0, 0.05) is 38.6 Å². The van der Waals surface area contributed by atoms with Crippen LogP contribution in [0.5, 0.6) is 0 Å². The second-order valence-electron chi connectivity index (χ2n) is 14.7. The van der Waals surface area contributed by atoms with Crippen molar-refractivity contribution in [1.29, 1.82) is 0 Å². The lowest BCUT2D eigenvalue weighted by atomic mass is 9.80. The third-order valence-corrected chi connectivity index (χ3v) is 11.4. The van der Waals surface area contributed by atoms with Crippen LogP contribution in [0.15, 0.2) is 176 Å². The van der Waals surface area contributed by atoms with Crippen molar-refractivity contribution in [3.63, 3.8) is 0 Å². The number of nitrogens with zero attached hydrogens (tertiary/aromatic N) is 4. The van der Waals surface area contributed by atoms with Gasteiger partial charge in [-0.1, -0.05) is 159 Å². The Bertz CT molecular complexity index is 3180. The quantitative estimate of drug-likeness (QED) is 0.171. The third-order valence-electron chi connectivity index (χ3n) is 11.4.